The molecule has 0 atom stereocenters. The minimum absolute atomic E-state index is 0.120. The van der Waals surface area contributed by atoms with Gasteiger partial charge in [0.05, 0.1) is 4.90 Å². The summed E-state index contributed by atoms with van der Waals surface area (Å²) < 4.78 is 33.5. The average Bonchev–Trinajstić information content (AvgIpc) is 2.96. The minimum Gasteiger partial charge on any atom is -0.444 e. The van der Waals surface area contributed by atoms with E-state index in [1.807, 2.05) is 57.2 Å². The number of amides is 2. The van der Waals surface area contributed by atoms with Crippen molar-refractivity contribution in [1.82, 2.24) is 14.1 Å². The topological polar surface area (TPSA) is 87.2 Å². The summed E-state index contributed by atoms with van der Waals surface area (Å²) in [6, 6.07) is 17.8. The summed E-state index contributed by atoms with van der Waals surface area (Å²) in [5, 5.41) is 2.28. The molecule has 41 heavy (non-hydrogen) atoms. The van der Waals surface area contributed by atoms with Crippen LogP contribution in [0.2, 0.25) is 5.02 Å². The molecule has 1 fully saturated rings. The van der Waals surface area contributed by atoms with E-state index in [9.17, 15) is 18.0 Å². The van der Waals surface area contributed by atoms with Crippen molar-refractivity contribution in [3.8, 4) is 0 Å². The van der Waals surface area contributed by atoms with E-state index in [1.165, 1.54) is 4.31 Å². The van der Waals surface area contributed by atoms with Crippen LogP contribution < -0.4 is 0 Å². The maximum absolute atomic E-state index is 13.3. The number of hydrogen-bond donors (Lipinski definition) is 0. The van der Waals surface area contributed by atoms with Gasteiger partial charge in [-0.05, 0) is 85.5 Å². The van der Waals surface area contributed by atoms with E-state index >= 15 is 0 Å². The van der Waals surface area contributed by atoms with E-state index in [1.54, 1.807) is 40.1 Å². The van der Waals surface area contributed by atoms with Crippen molar-refractivity contribution in [2.45, 2.75) is 37.7 Å². The van der Waals surface area contributed by atoms with E-state index in [4.69, 9.17) is 16.3 Å². The molecule has 8 nitrogen and oxygen atoms in total. The minimum atomic E-state index is -3.69. The number of hydrogen-bond acceptors (Lipinski definition) is 5. The van der Waals surface area contributed by atoms with Crippen LogP contribution in [0.1, 0.15) is 43.1 Å². The SMILES string of the molecule is CC(C)(C)OC(=O)N1CC=C(c2ccc(C(=O)N3CCN(S(=O)(=O)c4ccc5cc(Cl)ccc5c4)CC3)cc2)CC1. The first kappa shape index (κ1) is 29.1. The highest BCUT2D eigenvalue weighted by molar-refractivity contribution is 7.89. The van der Waals surface area contributed by atoms with Crippen LogP contribution in [0.5, 0.6) is 0 Å². The molecule has 2 amide bonds. The number of carbonyl (C=O) groups excluding carboxylic acids is 2. The van der Waals surface area contributed by atoms with Crippen molar-refractivity contribution >= 4 is 50.0 Å². The van der Waals surface area contributed by atoms with Gasteiger partial charge in [-0.2, -0.15) is 4.31 Å². The molecule has 0 radical (unpaired) electrons. The molecule has 2 aliphatic heterocycles. The van der Waals surface area contributed by atoms with Crippen LogP contribution in [0.15, 0.2) is 71.6 Å². The molecule has 216 valence electrons. The molecule has 0 spiro atoms. The molecule has 0 bridgehead atoms. The number of sulfonamides is 1. The monoisotopic (exact) mass is 595 g/mol. The van der Waals surface area contributed by atoms with Gasteiger partial charge in [0.1, 0.15) is 5.60 Å². The number of halogens is 1. The molecule has 0 aliphatic carbocycles. The fourth-order valence-electron chi connectivity index (χ4n) is 5.07. The zero-order valence-electron chi connectivity index (χ0n) is 23.5. The third kappa shape index (κ3) is 6.58. The number of benzene rings is 3. The van der Waals surface area contributed by atoms with Crippen molar-refractivity contribution in [1.29, 1.82) is 0 Å². The van der Waals surface area contributed by atoms with Crippen LogP contribution in [0.25, 0.3) is 16.3 Å². The maximum Gasteiger partial charge on any atom is 0.410 e. The summed E-state index contributed by atoms with van der Waals surface area (Å²) >= 11 is 6.05. The van der Waals surface area contributed by atoms with Gasteiger partial charge in [-0.3, -0.25) is 4.79 Å². The quantitative estimate of drug-likeness (QED) is 0.388. The van der Waals surface area contributed by atoms with Crippen LogP contribution in [0.3, 0.4) is 0 Å². The molecule has 1 saturated heterocycles. The first-order valence-corrected chi connectivity index (χ1v) is 15.5. The highest BCUT2D eigenvalue weighted by atomic mass is 35.5. The van der Waals surface area contributed by atoms with E-state index in [0.717, 1.165) is 21.9 Å². The lowest BCUT2D eigenvalue weighted by Crippen LogP contribution is -2.50. The number of nitrogens with zero attached hydrogens (tertiary/aromatic N) is 3. The van der Waals surface area contributed by atoms with Gasteiger partial charge in [-0.25, -0.2) is 13.2 Å². The first-order valence-electron chi connectivity index (χ1n) is 13.7. The Bertz CT molecular complexity index is 1600. The smallest absolute Gasteiger partial charge is 0.410 e. The predicted molar refractivity (Wildman–Crippen MR) is 160 cm³/mol. The Kier molecular flexibility index (Phi) is 8.14. The normalized spacial score (nSPS) is 16.9. The van der Waals surface area contributed by atoms with Crippen LogP contribution >= 0.6 is 11.6 Å². The lowest BCUT2D eigenvalue weighted by atomic mass is 9.98. The van der Waals surface area contributed by atoms with Crippen LogP contribution in [0, 0.1) is 0 Å². The van der Waals surface area contributed by atoms with Crippen molar-refractivity contribution in [3.05, 3.63) is 82.9 Å². The van der Waals surface area contributed by atoms with Gasteiger partial charge in [0.25, 0.3) is 5.91 Å². The fourth-order valence-corrected chi connectivity index (χ4v) is 6.71. The molecule has 3 aromatic rings. The fraction of sp³-hybridized carbons (Fsp3) is 0.355. The number of ether oxygens (including phenoxy) is 1. The summed E-state index contributed by atoms with van der Waals surface area (Å²) in [6.45, 7) is 7.69. The van der Waals surface area contributed by atoms with Gasteiger partial charge >= 0.3 is 6.09 Å². The van der Waals surface area contributed by atoms with E-state index in [0.29, 0.717) is 43.2 Å². The maximum atomic E-state index is 13.3. The predicted octanol–water partition coefficient (Wildman–Crippen LogP) is 5.66. The molecule has 5 rings (SSSR count). The molecular formula is C31H34ClN3O5S. The van der Waals surface area contributed by atoms with Crippen molar-refractivity contribution in [3.63, 3.8) is 0 Å². The summed E-state index contributed by atoms with van der Waals surface area (Å²) in [4.78, 5) is 29.1. The van der Waals surface area contributed by atoms with Gasteiger partial charge in [0, 0.05) is 49.9 Å². The third-order valence-corrected chi connectivity index (χ3v) is 9.43. The van der Waals surface area contributed by atoms with Crippen LogP contribution in [-0.4, -0.2) is 79.4 Å². The molecule has 0 aromatic heterocycles. The third-order valence-electron chi connectivity index (χ3n) is 7.30. The molecule has 2 heterocycles. The molecule has 0 saturated carbocycles. The highest BCUT2D eigenvalue weighted by Crippen LogP contribution is 2.27. The molecule has 3 aromatic carbocycles. The molecule has 0 N–H and O–H groups in total. The summed E-state index contributed by atoms with van der Waals surface area (Å²) in [5.41, 5.74) is 2.17. The Balaban J connectivity index is 1.18. The second kappa shape index (κ2) is 11.5. The van der Waals surface area contributed by atoms with E-state index in [2.05, 4.69) is 0 Å². The Morgan fingerprint density at radius 3 is 2.12 bits per heavy atom. The molecule has 10 heteroatoms. The largest absolute Gasteiger partial charge is 0.444 e. The average molecular weight is 596 g/mol. The van der Waals surface area contributed by atoms with Gasteiger partial charge < -0.3 is 14.5 Å². The summed E-state index contributed by atoms with van der Waals surface area (Å²) in [6.07, 6.45) is 2.41. The van der Waals surface area contributed by atoms with Crippen molar-refractivity contribution in [2.75, 3.05) is 39.3 Å². The molecule has 0 unspecified atom stereocenters. The molecular weight excluding hydrogens is 562 g/mol. The van der Waals surface area contributed by atoms with Crippen LogP contribution in [0.4, 0.5) is 4.79 Å². The first-order chi connectivity index (χ1) is 19.4. The highest BCUT2D eigenvalue weighted by Gasteiger charge is 2.31. The molecule has 2 aliphatic rings. The summed E-state index contributed by atoms with van der Waals surface area (Å²) in [5.74, 6) is -0.120. The van der Waals surface area contributed by atoms with Gasteiger partial charge in [-0.1, -0.05) is 41.9 Å². The lowest BCUT2D eigenvalue weighted by Gasteiger charge is -2.34. The lowest BCUT2D eigenvalue weighted by molar-refractivity contribution is 0.0270. The Morgan fingerprint density at radius 1 is 0.829 bits per heavy atom. The van der Waals surface area contributed by atoms with Gasteiger partial charge in [0.2, 0.25) is 10.0 Å². The van der Waals surface area contributed by atoms with Crippen LogP contribution in [-0.2, 0) is 14.8 Å². The van der Waals surface area contributed by atoms with Gasteiger partial charge in [-0.15, -0.1) is 0 Å². The zero-order chi connectivity index (χ0) is 29.4. The summed E-state index contributed by atoms with van der Waals surface area (Å²) in [7, 11) is -3.69. The van der Waals surface area contributed by atoms with E-state index < -0.39 is 15.6 Å². The van der Waals surface area contributed by atoms with Crippen molar-refractivity contribution < 1.29 is 22.7 Å². The number of piperazine rings is 1. The standard InChI is InChI=1S/C31H34ClN3O5S/c1-31(2,3)40-30(37)34-14-12-23(13-15-34)22-4-6-24(7-5-22)29(36)33-16-18-35(19-17-33)41(38,39)28-11-9-25-20-27(32)10-8-26(25)21-28/h4-12,20-21H,13-19H2,1-3H3. The Labute approximate surface area is 246 Å². The zero-order valence-corrected chi connectivity index (χ0v) is 25.0. The second-order valence-corrected chi connectivity index (χ2v) is 13.7. The number of carbonyl (C=O) groups is 2. The Hall–Kier alpha value is -3.40. The Morgan fingerprint density at radius 2 is 1.49 bits per heavy atom. The van der Waals surface area contributed by atoms with E-state index in [-0.39, 0.29) is 30.0 Å². The van der Waals surface area contributed by atoms with Crippen molar-refractivity contribution in [2.24, 2.45) is 0 Å². The number of fused-ring (bicyclic) bond motifs is 1. The second-order valence-electron chi connectivity index (χ2n) is 11.3. The number of rotatable bonds is 4. The van der Waals surface area contributed by atoms with Gasteiger partial charge in [0.15, 0.2) is 0 Å².